The highest BCUT2D eigenvalue weighted by Crippen LogP contribution is 2.53. The fourth-order valence-corrected chi connectivity index (χ4v) is 2.03. The van der Waals surface area contributed by atoms with Crippen molar-refractivity contribution < 1.29 is 14.2 Å². The van der Waals surface area contributed by atoms with Crippen molar-refractivity contribution in [2.75, 3.05) is 13.9 Å². The third kappa shape index (κ3) is 1.15. The van der Waals surface area contributed by atoms with Gasteiger partial charge in [-0.25, -0.2) is 0 Å². The van der Waals surface area contributed by atoms with E-state index in [1.807, 2.05) is 6.07 Å². The second kappa shape index (κ2) is 3.05. The molecule has 0 bridgehead atoms. The van der Waals surface area contributed by atoms with E-state index in [-0.39, 0.29) is 12.2 Å². The average molecular weight is 217 g/mol. The molecule has 1 aliphatic carbocycles. The van der Waals surface area contributed by atoms with Gasteiger partial charge in [0.05, 0.1) is 18.6 Å². The van der Waals surface area contributed by atoms with Crippen LogP contribution in [0.1, 0.15) is 18.4 Å². The summed E-state index contributed by atoms with van der Waals surface area (Å²) < 4.78 is 15.9. The SMILES string of the molecule is COc1cc2c(cc1C1(C#N)CC1)OCO2. The van der Waals surface area contributed by atoms with Crippen molar-refractivity contribution in [3.63, 3.8) is 0 Å². The van der Waals surface area contributed by atoms with Crippen LogP contribution >= 0.6 is 0 Å². The first-order valence-electron chi connectivity index (χ1n) is 5.18. The smallest absolute Gasteiger partial charge is 0.231 e. The molecule has 4 nitrogen and oxygen atoms in total. The molecule has 1 aliphatic heterocycles. The van der Waals surface area contributed by atoms with Crippen LogP contribution in [0.4, 0.5) is 0 Å². The second-order valence-electron chi connectivity index (χ2n) is 4.10. The number of nitrogens with zero attached hydrogens (tertiary/aromatic N) is 1. The first-order chi connectivity index (χ1) is 7.79. The van der Waals surface area contributed by atoms with Crippen molar-refractivity contribution in [3.05, 3.63) is 17.7 Å². The van der Waals surface area contributed by atoms with E-state index in [1.165, 1.54) is 0 Å². The zero-order chi connectivity index (χ0) is 11.2. The van der Waals surface area contributed by atoms with Crippen molar-refractivity contribution in [2.24, 2.45) is 0 Å². The van der Waals surface area contributed by atoms with Gasteiger partial charge in [-0.05, 0) is 18.9 Å². The Balaban J connectivity index is 2.14. The van der Waals surface area contributed by atoms with Crippen LogP contribution < -0.4 is 14.2 Å². The van der Waals surface area contributed by atoms with Crippen molar-refractivity contribution >= 4 is 0 Å². The Morgan fingerprint density at radius 1 is 1.31 bits per heavy atom. The largest absolute Gasteiger partial charge is 0.496 e. The minimum absolute atomic E-state index is 0.238. The first-order valence-corrected chi connectivity index (χ1v) is 5.18. The van der Waals surface area contributed by atoms with Gasteiger partial charge in [0.15, 0.2) is 11.5 Å². The molecule has 1 aromatic carbocycles. The normalized spacial score (nSPS) is 19.0. The van der Waals surface area contributed by atoms with E-state index < -0.39 is 0 Å². The van der Waals surface area contributed by atoms with Crippen LogP contribution in [0.2, 0.25) is 0 Å². The van der Waals surface area contributed by atoms with Gasteiger partial charge in [0, 0.05) is 11.6 Å². The maximum absolute atomic E-state index is 9.20. The Labute approximate surface area is 93.3 Å². The molecule has 0 saturated heterocycles. The molecule has 1 heterocycles. The summed E-state index contributed by atoms with van der Waals surface area (Å²) in [6, 6.07) is 6.03. The van der Waals surface area contributed by atoms with Gasteiger partial charge in [0.25, 0.3) is 0 Å². The van der Waals surface area contributed by atoms with Gasteiger partial charge in [0.1, 0.15) is 5.75 Å². The number of nitriles is 1. The van der Waals surface area contributed by atoms with E-state index in [4.69, 9.17) is 14.2 Å². The molecule has 0 radical (unpaired) electrons. The van der Waals surface area contributed by atoms with Gasteiger partial charge in [-0.1, -0.05) is 0 Å². The summed E-state index contributed by atoms with van der Waals surface area (Å²) in [4.78, 5) is 0. The van der Waals surface area contributed by atoms with Gasteiger partial charge in [0.2, 0.25) is 6.79 Å². The van der Waals surface area contributed by atoms with Crippen LogP contribution in [0.15, 0.2) is 12.1 Å². The van der Waals surface area contributed by atoms with E-state index in [2.05, 4.69) is 6.07 Å². The van der Waals surface area contributed by atoms with E-state index in [0.29, 0.717) is 17.2 Å². The number of hydrogen-bond acceptors (Lipinski definition) is 4. The van der Waals surface area contributed by atoms with Crippen LogP contribution in [0.25, 0.3) is 0 Å². The van der Waals surface area contributed by atoms with Gasteiger partial charge < -0.3 is 14.2 Å². The molecule has 1 aromatic rings. The fourth-order valence-electron chi connectivity index (χ4n) is 2.03. The molecular formula is C12H11NO3. The van der Waals surface area contributed by atoms with E-state index >= 15 is 0 Å². The third-order valence-electron chi connectivity index (χ3n) is 3.17. The Morgan fingerprint density at radius 2 is 2.00 bits per heavy atom. The average Bonchev–Trinajstić information content (AvgIpc) is 2.99. The molecule has 0 unspecified atom stereocenters. The molecule has 2 aliphatic rings. The Hall–Kier alpha value is -1.89. The van der Waals surface area contributed by atoms with Gasteiger partial charge in [-0.3, -0.25) is 0 Å². The van der Waals surface area contributed by atoms with Gasteiger partial charge in [-0.15, -0.1) is 0 Å². The zero-order valence-corrected chi connectivity index (χ0v) is 8.95. The monoisotopic (exact) mass is 217 g/mol. The summed E-state index contributed by atoms with van der Waals surface area (Å²) in [7, 11) is 1.61. The summed E-state index contributed by atoms with van der Waals surface area (Å²) in [5.74, 6) is 2.11. The maximum Gasteiger partial charge on any atom is 0.231 e. The lowest BCUT2D eigenvalue weighted by Gasteiger charge is -2.12. The predicted octanol–water partition coefficient (Wildman–Crippen LogP) is 1.98. The summed E-state index contributed by atoms with van der Waals surface area (Å²) in [5, 5.41) is 9.20. The minimum atomic E-state index is -0.369. The number of methoxy groups -OCH3 is 1. The Morgan fingerprint density at radius 3 is 2.56 bits per heavy atom. The van der Waals surface area contributed by atoms with Crippen LogP contribution in [0, 0.1) is 11.3 Å². The highest BCUT2D eigenvalue weighted by atomic mass is 16.7. The number of fused-ring (bicyclic) bond motifs is 1. The van der Waals surface area contributed by atoms with Crippen LogP contribution in [0.5, 0.6) is 17.2 Å². The standard InChI is InChI=1S/C12H11NO3/c1-14-9-5-11-10(15-7-16-11)4-8(9)12(6-13)2-3-12/h4-5H,2-3,7H2,1H3. The minimum Gasteiger partial charge on any atom is -0.496 e. The molecule has 1 saturated carbocycles. The van der Waals surface area contributed by atoms with E-state index in [1.54, 1.807) is 13.2 Å². The fraction of sp³-hybridized carbons (Fsp3) is 0.417. The third-order valence-corrected chi connectivity index (χ3v) is 3.17. The molecule has 0 N–H and O–H groups in total. The van der Waals surface area contributed by atoms with Gasteiger partial charge in [-0.2, -0.15) is 5.26 Å². The lowest BCUT2D eigenvalue weighted by molar-refractivity contribution is 0.174. The summed E-state index contributed by atoms with van der Waals surface area (Å²) in [5.41, 5.74) is 0.550. The predicted molar refractivity (Wildman–Crippen MR) is 55.6 cm³/mol. The molecule has 0 spiro atoms. The highest BCUT2D eigenvalue weighted by Gasteiger charge is 2.47. The maximum atomic E-state index is 9.20. The summed E-state index contributed by atoms with van der Waals surface area (Å²) in [6.45, 7) is 0.238. The summed E-state index contributed by atoms with van der Waals surface area (Å²) >= 11 is 0. The number of benzene rings is 1. The molecule has 1 fully saturated rings. The quantitative estimate of drug-likeness (QED) is 0.760. The zero-order valence-electron chi connectivity index (χ0n) is 8.95. The molecule has 0 aromatic heterocycles. The molecular weight excluding hydrogens is 206 g/mol. The molecule has 82 valence electrons. The Kier molecular flexibility index (Phi) is 1.78. The van der Waals surface area contributed by atoms with Crippen LogP contribution in [-0.4, -0.2) is 13.9 Å². The lowest BCUT2D eigenvalue weighted by Crippen LogP contribution is -2.05. The highest BCUT2D eigenvalue weighted by molar-refractivity contribution is 5.57. The molecule has 0 amide bonds. The molecule has 16 heavy (non-hydrogen) atoms. The van der Waals surface area contributed by atoms with Crippen molar-refractivity contribution in [1.82, 2.24) is 0 Å². The van der Waals surface area contributed by atoms with E-state index in [0.717, 1.165) is 18.4 Å². The van der Waals surface area contributed by atoms with Crippen molar-refractivity contribution in [2.45, 2.75) is 18.3 Å². The molecule has 4 heteroatoms. The topological polar surface area (TPSA) is 51.5 Å². The van der Waals surface area contributed by atoms with Crippen molar-refractivity contribution in [3.8, 4) is 23.3 Å². The number of hydrogen-bond donors (Lipinski definition) is 0. The van der Waals surface area contributed by atoms with Crippen LogP contribution in [-0.2, 0) is 5.41 Å². The summed E-state index contributed by atoms with van der Waals surface area (Å²) in [6.07, 6.45) is 1.78. The lowest BCUT2D eigenvalue weighted by atomic mass is 9.96. The molecule has 0 atom stereocenters. The number of rotatable bonds is 2. The first kappa shape index (κ1) is 9.34. The van der Waals surface area contributed by atoms with Crippen LogP contribution in [0.3, 0.4) is 0 Å². The Bertz CT molecular complexity index is 486. The van der Waals surface area contributed by atoms with E-state index in [9.17, 15) is 5.26 Å². The van der Waals surface area contributed by atoms with Gasteiger partial charge >= 0.3 is 0 Å². The second-order valence-corrected chi connectivity index (χ2v) is 4.10. The molecule has 3 rings (SSSR count). The number of ether oxygens (including phenoxy) is 3. The van der Waals surface area contributed by atoms with Crippen molar-refractivity contribution in [1.29, 1.82) is 5.26 Å².